The van der Waals surface area contributed by atoms with Crippen molar-refractivity contribution >= 4 is 23.2 Å². The average molecular weight is 343 g/mol. The second kappa shape index (κ2) is 6.44. The number of Topliss-reactive ketones (excluding diaryl/α,β-unsaturated/α-hetero) is 1. The molecule has 1 N–H and O–H groups in total. The maximum absolute atomic E-state index is 13.0. The van der Waals surface area contributed by atoms with Gasteiger partial charge in [0.1, 0.15) is 12.0 Å². The van der Waals surface area contributed by atoms with Gasteiger partial charge in [-0.2, -0.15) is 0 Å². The number of hydrogen-bond acceptors (Lipinski definition) is 4. The van der Waals surface area contributed by atoms with E-state index in [1.54, 1.807) is 23.2 Å². The number of amides is 1. The zero-order chi connectivity index (χ0) is 18.1. The molecule has 0 saturated heterocycles. The van der Waals surface area contributed by atoms with E-state index in [1.807, 2.05) is 54.6 Å². The van der Waals surface area contributed by atoms with Crippen LogP contribution in [0.2, 0.25) is 0 Å². The van der Waals surface area contributed by atoms with Crippen LogP contribution in [-0.4, -0.2) is 16.7 Å². The summed E-state index contributed by atoms with van der Waals surface area (Å²) in [4.78, 5) is 30.6. The van der Waals surface area contributed by atoms with Gasteiger partial charge >= 0.3 is 0 Å². The van der Waals surface area contributed by atoms with Gasteiger partial charge in [-0.05, 0) is 37.3 Å². The van der Waals surface area contributed by atoms with E-state index in [-0.39, 0.29) is 11.7 Å². The highest BCUT2D eigenvalue weighted by molar-refractivity contribution is 6.11. The van der Waals surface area contributed by atoms with E-state index in [2.05, 4.69) is 10.3 Å². The van der Waals surface area contributed by atoms with E-state index in [0.29, 0.717) is 16.9 Å². The summed E-state index contributed by atoms with van der Waals surface area (Å²) in [7, 11) is 0. The molecular weight excluding hydrogens is 326 g/mol. The number of nitrogens with zero attached hydrogens (tertiary/aromatic N) is 2. The standard InChI is InChI=1S/C21H17N3O2/c1-14(25)15-7-6-8-16(13-15)23-20-17-9-2-3-10-18(17)21(26)24(20)19-11-4-5-12-22-19/h2-13,20,23H,1H3/t20-/m1/s1. The number of anilines is 2. The number of nitrogens with one attached hydrogen (secondary N) is 1. The second-order valence-electron chi connectivity index (χ2n) is 6.13. The first kappa shape index (κ1) is 16.0. The highest BCUT2D eigenvalue weighted by Crippen LogP contribution is 2.37. The molecule has 0 saturated carbocycles. The van der Waals surface area contributed by atoms with Crippen LogP contribution in [0.4, 0.5) is 11.5 Å². The highest BCUT2D eigenvalue weighted by atomic mass is 16.2. The predicted molar refractivity (Wildman–Crippen MR) is 100 cm³/mol. The lowest BCUT2D eigenvalue weighted by molar-refractivity contribution is 0.0989. The van der Waals surface area contributed by atoms with Crippen LogP contribution in [0.3, 0.4) is 0 Å². The van der Waals surface area contributed by atoms with Gasteiger partial charge < -0.3 is 5.32 Å². The Balaban J connectivity index is 1.77. The zero-order valence-corrected chi connectivity index (χ0v) is 14.2. The minimum Gasteiger partial charge on any atom is -0.361 e. The Bertz CT molecular complexity index is 985. The van der Waals surface area contributed by atoms with E-state index in [0.717, 1.165) is 11.3 Å². The van der Waals surface area contributed by atoms with E-state index >= 15 is 0 Å². The number of pyridine rings is 1. The fourth-order valence-electron chi connectivity index (χ4n) is 3.18. The fraction of sp³-hybridized carbons (Fsp3) is 0.0952. The molecular formula is C21H17N3O2. The molecule has 0 bridgehead atoms. The third kappa shape index (κ3) is 2.73. The molecule has 1 aliphatic heterocycles. The van der Waals surface area contributed by atoms with Gasteiger partial charge in [-0.3, -0.25) is 14.5 Å². The van der Waals surface area contributed by atoms with E-state index in [9.17, 15) is 9.59 Å². The van der Waals surface area contributed by atoms with Gasteiger partial charge in [0.25, 0.3) is 5.91 Å². The van der Waals surface area contributed by atoms with Crippen molar-refractivity contribution in [1.82, 2.24) is 4.98 Å². The van der Waals surface area contributed by atoms with Crippen molar-refractivity contribution in [2.24, 2.45) is 0 Å². The molecule has 0 fully saturated rings. The largest absolute Gasteiger partial charge is 0.361 e. The Hall–Kier alpha value is -3.47. The Morgan fingerprint density at radius 2 is 1.85 bits per heavy atom. The molecule has 5 nitrogen and oxygen atoms in total. The number of ketones is 1. The lowest BCUT2D eigenvalue weighted by atomic mass is 10.1. The number of carbonyl (C=O) groups excluding carboxylic acids is 2. The first-order valence-electron chi connectivity index (χ1n) is 8.36. The van der Waals surface area contributed by atoms with Crippen LogP contribution in [0.5, 0.6) is 0 Å². The van der Waals surface area contributed by atoms with Crippen LogP contribution in [0.1, 0.15) is 39.4 Å². The lowest BCUT2D eigenvalue weighted by Crippen LogP contribution is -2.32. The summed E-state index contributed by atoms with van der Waals surface area (Å²) in [6, 6.07) is 20.3. The monoisotopic (exact) mass is 343 g/mol. The summed E-state index contributed by atoms with van der Waals surface area (Å²) >= 11 is 0. The van der Waals surface area contributed by atoms with Gasteiger partial charge in [-0.15, -0.1) is 0 Å². The number of hydrogen-bond donors (Lipinski definition) is 1. The number of benzene rings is 2. The molecule has 128 valence electrons. The highest BCUT2D eigenvalue weighted by Gasteiger charge is 2.38. The van der Waals surface area contributed by atoms with Gasteiger partial charge in [0, 0.05) is 28.6 Å². The third-order valence-corrected chi connectivity index (χ3v) is 4.43. The van der Waals surface area contributed by atoms with Crippen LogP contribution in [0.25, 0.3) is 0 Å². The van der Waals surface area contributed by atoms with Gasteiger partial charge in [0.2, 0.25) is 0 Å². The predicted octanol–water partition coefficient (Wildman–Crippen LogP) is 4.06. The smallest absolute Gasteiger partial charge is 0.261 e. The molecule has 0 radical (unpaired) electrons. The van der Waals surface area contributed by atoms with Gasteiger partial charge in [-0.25, -0.2) is 4.98 Å². The minimum atomic E-state index is -0.393. The molecule has 26 heavy (non-hydrogen) atoms. The third-order valence-electron chi connectivity index (χ3n) is 4.43. The molecule has 1 aromatic heterocycles. The topological polar surface area (TPSA) is 62.3 Å². The van der Waals surface area contributed by atoms with Crippen molar-refractivity contribution in [3.8, 4) is 0 Å². The number of rotatable bonds is 4. The quantitative estimate of drug-likeness (QED) is 0.726. The summed E-state index contributed by atoms with van der Waals surface area (Å²) in [5, 5.41) is 3.38. The number of carbonyl (C=O) groups is 2. The molecule has 5 heteroatoms. The molecule has 1 atom stereocenters. The number of fused-ring (bicyclic) bond motifs is 1. The maximum atomic E-state index is 13.0. The Labute approximate surface area is 151 Å². The Kier molecular flexibility index (Phi) is 3.97. The maximum Gasteiger partial charge on any atom is 0.261 e. The minimum absolute atomic E-state index is 0.00173. The molecule has 0 unspecified atom stereocenters. The van der Waals surface area contributed by atoms with Gasteiger partial charge in [-0.1, -0.05) is 36.4 Å². The first-order chi connectivity index (χ1) is 12.6. The zero-order valence-electron chi connectivity index (χ0n) is 14.2. The SMILES string of the molecule is CC(=O)c1cccc(N[C@H]2c3ccccc3C(=O)N2c2ccccn2)c1. The molecule has 1 aliphatic rings. The van der Waals surface area contributed by atoms with Crippen molar-refractivity contribution in [3.05, 3.63) is 89.6 Å². The van der Waals surface area contributed by atoms with Crippen LogP contribution >= 0.6 is 0 Å². The Morgan fingerprint density at radius 3 is 2.62 bits per heavy atom. The number of aromatic nitrogens is 1. The summed E-state index contributed by atoms with van der Waals surface area (Å²) in [6.45, 7) is 1.54. The molecule has 4 rings (SSSR count). The molecule has 3 aromatic rings. The summed E-state index contributed by atoms with van der Waals surface area (Å²) < 4.78 is 0. The summed E-state index contributed by atoms with van der Waals surface area (Å²) in [5.41, 5.74) is 2.93. The van der Waals surface area contributed by atoms with Crippen LogP contribution in [0, 0.1) is 0 Å². The van der Waals surface area contributed by atoms with E-state index in [1.165, 1.54) is 6.92 Å². The normalized spacial score (nSPS) is 15.7. The second-order valence-corrected chi connectivity index (χ2v) is 6.13. The van der Waals surface area contributed by atoms with Crippen LogP contribution in [-0.2, 0) is 0 Å². The Morgan fingerprint density at radius 1 is 1.04 bits per heavy atom. The van der Waals surface area contributed by atoms with Crippen molar-refractivity contribution in [2.45, 2.75) is 13.1 Å². The molecule has 0 spiro atoms. The van der Waals surface area contributed by atoms with Gasteiger partial charge in [0.15, 0.2) is 5.78 Å². The molecule has 1 amide bonds. The van der Waals surface area contributed by atoms with E-state index < -0.39 is 6.17 Å². The lowest BCUT2D eigenvalue weighted by Gasteiger charge is -2.26. The molecule has 2 aromatic carbocycles. The summed E-state index contributed by atoms with van der Waals surface area (Å²) in [5.74, 6) is 0.478. The van der Waals surface area contributed by atoms with Crippen molar-refractivity contribution in [3.63, 3.8) is 0 Å². The van der Waals surface area contributed by atoms with Crippen molar-refractivity contribution in [2.75, 3.05) is 10.2 Å². The van der Waals surface area contributed by atoms with Crippen molar-refractivity contribution < 1.29 is 9.59 Å². The average Bonchev–Trinajstić information content (AvgIpc) is 2.95. The molecule has 0 aliphatic carbocycles. The fourth-order valence-corrected chi connectivity index (χ4v) is 3.18. The van der Waals surface area contributed by atoms with Crippen LogP contribution in [0.15, 0.2) is 72.9 Å². The van der Waals surface area contributed by atoms with Crippen molar-refractivity contribution in [1.29, 1.82) is 0 Å². The van der Waals surface area contributed by atoms with E-state index in [4.69, 9.17) is 0 Å². The first-order valence-corrected chi connectivity index (χ1v) is 8.36. The van der Waals surface area contributed by atoms with Crippen LogP contribution < -0.4 is 10.2 Å². The molecule has 2 heterocycles. The van der Waals surface area contributed by atoms with Gasteiger partial charge in [0.05, 0.1) is 0 Å². The summed E-state index contributed by atoms with van der Waals surface area (Å²) in [6.07, 6.45) is 1.27.